The fourth-order valence-corrected chi connectivity index (χ4v) is 1.28. The summed E-state index contributed by atoms with van der Waals surface area (Å²) in [4.78, 5) is 2.23. The van der Waals surface area contributed by atoms with E-state index in [4.69, 9.17) is 0 Å². The molecule has 1 heterocycles. The average molecular weight is 140 g/mol. The third-order valence-electron chi connectivity index (χ3n) is 2.05. The van der Waals surface area contributed by atoms with E-state index in [9.17, 15) is 0 Å². The number of hydrogen-bond donors (Lipinski definition) is 1. The SMILES string of the molecule is CC1=C(C(C)C)NCN1C. The zero-order valence-corrected chi connectivity index (χ0v) is 7.23. The molecule has 0 aromatic heterocycles. The van der Waals surface area contributed by atoms with Gasteiger partial charge in [-0.3, -0.25) is 0 Å². The van der Waals surface area contributed by atoms with E-state index in [-0.39, 0.29) is 0 Å². The largest absolute Gasteiger partial charge is 0.370 e. The zero-order valence-electron chi connectivity index (χ0n) is 7.23. The first-order valence-corrected chi connectivity index (χ1v) is 3.78. The van der Waals surface area contributed by atoms with Crippen LogP contribution in [0.25, 0.3) is 0 Å². The topological polar surface area (TPSA) is 15.3 Å². The maximum absolute atomic E-state index is 3.36. The zero-order chi connectivity index (χ0) is 7.72. The number of allylic oxidation sites excluding steroid dienone is 2. The van der Waals surface area contributed by atoms with Gasteiger partial charge >= 0.3 is 0 Å². The summed E-state index contributed by atoms with van der Waals surface area (Å²) in [6, 6.07) is 0. The molecular weight excluding hydrogens is 124 g/mol. The lowest BCUT2D eigenvalue weighted by Gasteiger charge is -2.10. The van der Waals surface area contributed by atoms with Gasteiger partial charge in [-0.25, -0.2) is 0 Å². The van der Waals surface area contributed by atoms with Crippen molar-refractivity contribution in [3.63, 3.8) is 0 Å². The van der Waals surface area contributed by atoms with Crippen LogP contribution >= 0.6 is 0 Å². The summed E-state index contributed by atoms with van der Waals surface area (Å²) < 4.78 is 0. The third kappa shape index (κ3) is 1.11. The molecule has 1 aliphatic rings. The highest BCUT2D eigenvalue weighted by molar-refractivity contribution is 5.15. The summed E-state index contributed by atoms with van der Waals surface area (Å²) in [5.74, 6) is 0.630. The van der Waals surface area contributed by atoms with Crippen molar-refractivity contribution < 1.29 is 0 Å². The van der Waals surface area contributed by atoms with Gasteiger partial charge in [-0.2, -0.15) is 0 Å². The van der Waals surface area contributed by atoms with Gasteiger partial charge in [0.2, 0.25) is 0 Å². The molecule has 0 bridgehead atoms. The highest BCUT2D eigenvalue weighted by atomic mass is 15.3. The van der Waals surface area contributed by atoms with Gasteiger partial charge in [0.05, 0.1) is 6.67 Å². The van der Waals surface area contributed by atoms with Crippen LogP contribution in [0, 0.1) is 5.92 Å². The Morgan fingerprint density at radius 3 is 2.30 bits per heavy atom. The standard InChI is InChI=1S/C8H16N2/c1-6(2)8-7(3)10(4)5-9-8/h6,9H,5H2,1-4H3. The van der Waals surface area contributed by atoms with Gasteiger partial charge in [0.15, 0.2) is 0 Å². The molecule has 58 valence electrons. The molecule has 1 rings (SSSR count). The number of hydrogen-bond acceptors (Lipinski definition) is 2. The Hall–Kier alpha value is -0.660. The normalized spacial score (nSPS) is 18.7. The van der Waals surface area contributed by atoms with E-state index in [1.807, 2.05) is 0 Å². The van der Waals surface area contributed by atoms with Crippen LogP contribution in [0.3, 0.4) is 0 Å². The predicted molar refractivity (Wildman–Crippen MR) is 43.3 cm³/mol. The van der Waals surface area contributed by atoms with E-state index in [2.05, 4.69) is 38.0 Å². The van der Waals surface area contributed by atoms with Gasteiger partial charge in [0, 0.05) is 18.4 Å². The molecule has 0 spiro atoms. The lowest BCUT2D eigenvalue weighted by atomic mass is 10.1. The molecule has 1 aliphatic heterocycles. The van der Waals surface area contributed by atoms with Crippen LogP contribution in [0.2, 0.25) is 0 Å². The Morgan fingerprint density at radius 2 is 2.10 bits per heavy atom. The van der Waals surface area contributed by atoms with Crippen molar-refractivity contribution in [2.45, 2.75) is 20.8 Å². The van der Waals surface area contributed by atoms with Crippen LogP contribution in [0.5, 0.6) is 0 Å². The lowest BCUT2D eigenvalue weighted by molar-refractivity contribution is 0.441. The molecule has 0 aromatic carbocycles. The van der Waals surface area contributed by atoms with Gasteiger partial charge in [-0.15, -0.1) is 0 Å². The maximum atomic E-state index is 3.36. The van der Waals surface area contributed by atoms with Crippen molar-refractivity contribution >= 4 is 0 Å². The monoisotopic (exact) mass is 140 g/mol. The Balaban J connectivity index is 2.75. The smallest absolute Gasteiger partial charge is 0.0869 e. The first-order valence-electron chi connectivity index (χ1n) is 3.78. The van der Waals surface area contributed by atoms with Crippen molar-refractivity contribution in [1.29, 1.82) is 0 Å². The van der Waals surface area contributed by atoms with E-state index in [0.717, 1.165) is 6.67 Å². The van der Waals surface area contributed by atoms with E-state index < -0.39 is 0 Å². The van der Waals surface area contributed by atoms with Gasteiger partial charge in [-0.1, -0.05) is 13.8 Å². The second kappa shape index (κ2) is 2.52. The molecule has 0 saturated heterocycles. The molecule has 0 unspecified atom stereocenters. The summed E-state index contributed by atoms with van der Waals surface area (Å²) in [5.41, 5.74) is 2.78. The summed E-state index contributed by atoms with van der Waals surface area (Å²) in [7, 11) is 2.11. The molecule has 0 amide bonds. The van der Waals surface area contributed by atoms with Gasteiger partial charge in [0.1, 0.15) is 0 Å². The first-order chi connectivity index (χ1) is 4.63. The van der Waals surface area contributed by atoms with Crippen LogP contribution in [0.15, 0.2) is 11.4 Å². The van der Waals surface area contributed by atoms with Crippen molar-refractivity contribution in [3.05, 3.63) is 11.4 Å². The molecule has 0 saturated carbocycles. The molecule has 0 fully saturated rings. The second-order valence-corrected chi connectivity index (χ2v) is 3.19. The maximum Gasteiger partial charge on any atom is 0.0869 e. The highest BCUT2D eigenvalue weighted by Gasteiger charge is 2.16. The summed E-state index contributed by atoms with van der Waals surface area (Å²) in [5, 5.41) is 3.36. The van der Waals surface area contributed by atoms with Gasteiger partial charge in [-0.05, 0) is 12.8 Å². The Labute approximate surface area is 62.9 Å². The molecule has 0 aliphatic carbocycles. The van der Waals surface area contributed by atoms with E-state index in [0.29, 0.717) is 5.92 Å². The second-order valence-electron chi connectivity index (χ2n) is 3.19. The summed E-state index contributed by atoms with van der Waals surface area (Å²) in [6.07, 6.45) is 0. The van der Waals surface area contributed by atoms with Gasteiger partial charge in [0.25, 0.3) is 0 Å². The van der Waals surface area contributed by atoms with Crippen LogP contribution < -0.4 is 5.32 Å². The van der Waals surface area contributed by atoms with E-state index in [1.54, 1.807) is 0 Å². The van der Waals surface area contributed by atoms with Crippen LogP contribution in [-0.4, -0.2) is 18.6 Å². The fourth-order valence-electron chi connectivity index (χ4n) is 1.28. The Bertz CT molecular complexity index is 159. The molecule has 0 atom stereocenters. The van der Waals surface area contributed by atoms with E-state index >= 15 is 0 Å². The fraction of sp³-hybridized carbons (Fsp3) is 0.750. The Kier molecular flexibility index (Phi) is 1.88. The Morgan fingerprint density at radius 1 is 1.50 bits per heavy atom. The molecule has 1 N–H and O–H groups in total. The summed E-state index contributed by atoms with van der Waals surface area (Å²) in [6.45, 7) is 7.56. The number of nitrogens with one attached hydrogen (secondary N) is 1. The van der Waals surface area contributed by atoms with Crippen molar-refractivity contribution in [2.24, 2.45) is 5.92 Å². The number of rotatable bonds is 1. The van der Waals surface area contributed by atoms with Gasteiger partial charge < -0.3 is 10.2 Å². The lowest BCUT2D eigenvalue weighted by Crippen LogP contribution is -2.19. The van der Waals surface area contributed by atoms with E-state index in [1.165, 1.54) is 11.4 Å². The third-order valence-corrected chi connectivity index (χ3v) is 2.05. The average Bonchev–Trinajstić information content (AvgIpc) is 2.14. The first kappa shape index (κ1) is 7.45. The molecule has 0 aromatic rings. The predicted octanol–water partition coefficient (Wildman–Crippen LogP) is 1.37. The molecule has 2 heteroatoms. The minimum atomic E-state index is 0.630. The van der Waals surface area contributed by atoms with Crippen molar-refractivity contribution in [3.8, 4) is 0 Å². The molecule has 10 heavy (non-hydrogen) atoms. The highest BCUT2D eigenvalue weighted by Crippen LogP contribution is 2.18. The van der Waals surface area contributed by atoms with Crippen molar-refractivity contribution in [1.82, 2.24) is 10.2 Å². The molecular formula is C8H16N2. The van der Waals surface area contributed by atoms with Crippen molar-refractivity contribution in [2.75, 3.05) is 13.7 Å². The quantitative estimate of drug-likeness (QED) is 0.591. The number of nitrogens with zero attached hydrogens (tertiary/aromatic N) is 1. The van der Waals surface area contributed by atoms with Crippen LogP contribution in [-0.2, 0) is 0 Å². The van der Waals surface area contributed by atoms with Crippen LogP contribution in [0.4, 0.5) is 0 Å². The van der Waals surface area contributed by atoms with Crippen LogP contribution in [0.1, 0.15) is 20.8 Å². The summed E-state index contributed by atoms with van der Waals surface area (Å²) >= 11 is 0. The molecule has 2 nitrogen and oxygen atoms in total. The minimum Gasteiger partial charge on any atom is -0.370 e. The molecule has 0 radical (unpaired) electrons. The minimum absolute atomic E-state index is 0.630.